The maximum Gasteiger partial charge on any atom is 0.227 e. The highest BCUT2D eigenvalue weighted by Crippen LogP contribution is 2.36. The fraction of sp³-hybridized carbons (Fsp3) is 0.400. The number of likely N-dealkylation sites (tertiary alicyclic amines) is 1. The van der Waals surface area contributed by atoms with Crippen molar-refractivity contribution < 1.29 is 9.32 Å². The van der Waals surface area contributed by atoms with Crippen molar-refractivity contribution in [3.05, 3.63) is 71.7 Å². The molecule has 1 aliphatic rings. The van der Waals surface area contributed by atoms with Gasteiger partial charge in [-0.2, -0.15) is 0 Å². The normalized spacial score (nSPS) is 19.3. The average Bonchev–Trinajstić information content (AvgIpc) is 3.23. The molecular weight excluding hydrogens is 388 g/mol. The van der Waals surface area contributed by atoms with Gasteiger partial charge in [-0.05, 0) is 44.9 Å². The number of aromatic nitrogens is 2. The average molecular weight is 419 g/mol. The second-order valence-corrected chi connectivity index (χ2v) is 8.54. The molecule has 0 bridgehead atoms. The van der Waals surface area contributed by atoms with Gasteiger partial charge in [0.1, 0.15) is 11.5 Å². The van der Waals surface area contributed by atoms with Crippen LogP contribution in [0.2, 0.25) is 0 Å². The Morgan fingerprint density at radius 3 is 2.84 bits per heavy atom. The van der Waals surface area contributed by atoms with Crippen LogP contribution in [0, 0.1) is 12.3 Å². The summed E-state index contributed by atoms with van der Waals surface area (Å²) < 4.78 is 5.70. The molecule has 4 rings (SSSR count). The van der Waals surface area contributed by atoms with Crippen LogP contribution >= 0.6 is 0 Å². The first-order chi connectivity index (χ1) is 15.1. The Labute approximate surface area is 183 Å². The number of aryl methyl sites for hydroxylation is 1. The van der Waals surface area contributed by atoms with Gasteiger partial charge in [0.25, 0.3) is 0 Å². The lowest BCUT2D eigenvalue weighted by Crippen LogP contribution is -2.52. The van der Waals surface area contributed by atoms with E-state index in [1.165, 1.54) is 5.56 Å². The van der Waals surface area contributed by atoms with Gasteiger partial charge in [-0.25, -0.2) is 0 Å². The zero-order valence-electron chi connectivity index (χ0n) is 18.3. The summed E-state index contributed by atoms with van der Waals surface area (Å²) >= 11 is 0. The molecule has 6 heteroatoms. The van der Waals surface area contributed by atoms with Gasteiger partial charge in [-0.15, -0.1) is 0 Å². The lowest BCUT2D eigenvalue weighted by molar-refractivity contribution is -0.134. The summed E-state index contributed by atoms with van der Waals surface area (Å²) in [6.07, 6.45) is 6.03. The van der Waals surface area contributed by atoms with E-state index in [4.69, 9.17) is 4.52 Å². The van der Waals surface area contributed by atoms with Gasteiger partial charge in [0.2, 0.25) is 5.91 Å². The molecule has 0 saturated carbocycles. The number of benzene rings is 1. The molecule has 0 unspecified atom stereocenters. The molecule has 2 aromatic heterocycles. The van der Waals surface area contributed by atoms with Crippen LogP contribution in [0.15, 0.2) is 59.4 Å². The SMILES string of the molecule is CCNC(=O)[C@@]1(Cc2cc(-c3ccc(C)cc3)no2)CCCN(Cc2cccnc2)C1. The summed E-state index contributed by atoms with van der Waals surface area (Å²) in [4.78, 5) is 19.8. The molecule has 1 aliphatic heterocycles. The standard InChI is InChI=1S/C25H30N4O2/c1-3-27-24(30)25(11-5-13-29(18-25)17-20-6-4-12-26-16-20)15-22-14-23(28-31-22)21-9-7-19(2)8-10-21/h4,6-10,12,14,16H,3,5,11,13,15,17-18H2,1-2H3,(H,27,30)/t25-/m1/s1. The van der Waals surface area contributed by atoms with Crippen molar-refractivity contribution in [3.63, 3.8) is 0 Å². The molecule has 0 radical (unpaired) electrons. The minimum absolute atomic E-state index is 0.0965. The fourth-order valence-corrected chi connectivity index (χ4v) is 4.46. The molecule has 162 valence electrons. The zero-order chi connectivity index (χ0) is 21.7. The van der Waals surface area contributed by atoms with Gasteiger partial charge in [0.05, 0.1) is 5.41 Å². The van der Waals surface area contributed by atoms with E-state index in [0.29, 0.717) is 19.5 Å². The first-order valence-electron chi connectivity index (χ1n) is 11.0. The third kappa shape index (κ3) is 5.02. The molecule has 3 aromatic rings. The minimum atomic E-state index is -0.527. The van der Waals surface area contributed by atoms with E-state index < -0.39 is 5.41 Å². The number of carbonyl (C=O) groups is 1. The maximum absolute atomic E-state index is 13.2. The molecule has 1 N–H and O–H groups in total. The van der Waals surface area contributed by atoms with Crippen LogP contribution in [0.5, 0.6) is 0 Å². The largest absolute Gasteiger partial charge is 0.361 e. The molecule has 0 spiro atoms. The topological polar surface area (TPSA) is 71.3 Å². The van der Waals surface area contributed by atoms with E-state index in [-0.39, 0.29) is 5.91 Å². The summed E-state index contributed by atoms with van der Waals surface area (Å²) in [6.45, 7) is 7.10. The highest BCUT2D eigenvalue weighted by molar-refractivity contribution is 5.83. The number of amides is 1. The van der Waals surface area contributed by atoms with Gasteiger partial charge in [0.15, 0.2) is 0 Å². The third-order valence-electron chi connectivity index (χ3n) is 6.02. The first-order valence-corrected chi connectivity index (χ1v) is 11.0. The van der Waals surface area contributed by atoms with E-state index in [0.717, 1.165) is 48.5 Å². The number of pyridine rings is 1. The van der Waals surface area contributed by atoms with Gasteiger partial charge < -0.3 is 9.84 Å². The summed E-state index contributed by atoms with van der Waals surface area (Å²) in [5.74, 6) is 0.851. The Morgan fingerprint density at radius 2 is 2.10 bits per heavy atom. The number of hydrogen-bond acceptors (Lipinski definition) is 5. The number of hydrogen-bond donors (Lipinski definition) is 1. The Hall–Kier alpha value is -2.99. The fourth-order valence-electron chi connectivity index (χ4n) is 4.46. The summed E-state index contributed by atoms with van der Waals surface area (Å²) in [6, 6.07) is 14.2. The van der Waals surface area contributed by atoms with Crippen LogP contribution in [-0.2, 0) is 17.8 Å². The Bertz CT molecular complexity index is 1000. The number of nitrogens with zero attached hydrogens (tertiary/aromatic N) is 3. The zero-order valence-corrected chi connectivity index (χ0v) is 18.3. The lowest BCUT2D eigenvalue weighted by Gasteiger charge is -2.41. The van der Waals surface area contributed by atoms with Crippen LogP contribution < -0.4 is 5.32 Å². The molecule has 6 nitrogen and oxygen atoms in total. The number of carbonyl (C=O) groups excluding carboxylic acids is 1. The number of rotatable bonds is 7. The highest BCUT2D eigenvalue weighted by Gasteiger charge is 2.43. The second-order valence-electron chi connectivity index (χ2n) is 8.54. The van der Waals surface area contributed by atoms with Crippen molar-refractivity contribution in [2.45, 2.75) is 39.7 Å². The van der Waals surface area contributed by atoms with Gasteiger partial charge in [-0.3, -0.25) is 14.7 Å². The van der Waals surface area contributed by atoms with Gasteiger partial charge in [0, 0.05) is 50.1 Å². The molecule has 1 fully saturated rings. The first kappa shape index (κ1) is 21.2. The lowest BCUT2D eigenvalue weighted by atomic mass is 9.75. The van der Waals surface area contributed by atoms with E-state index >= 15 is 0 Å². The highest BCUT2D eigenvalue weighted by atomic mass is 16.5. The van der Waals surface area contributed by atoms with Crippen LogP contribution in [0.1, 0.15) is 36.7 Å². The van der Waals surface area contributed by atoms with Crippen molar-refractivity contribution in [3.8, 4) is 11.3 Å². The van der Waals surface area contributed by atoms with E-state index in [1.807, 2.05) is 37.4 Å². The molecular formula is C25H30N4O2. The quantitative estimate of drug-likeness (QED) is 0.628. The van der Waals surface area contributed by atoms with Crippen molar-refractivity contribution in [2.24, 2.45) is 5.41 Å². The van der Waals surface area contributed by atoms with Crippen LogP contribution in [0.25, 0.3) is 11.3 Å². The molecule has 1 amide bonds. The van der Waals surface area contributed by atoms with E-state index in [2.05, 4.69) is 45.5 Å². The van der Waals surface area contributed by atoms with Crippen molar-refractivity contribution in [2.75, 3.05) is 19.6 Å². The third-order valence-corrected chi connectivity index (χ3v) is 6.02. The van der Waals surface area contributed by atoms with Crippen LogP contribution in [0.3, 0.4) is 0 Å². The summed E-state index contributed by atoms with van der Waals surface area (Å²) in [5, 5.41) is 7.34. The van der Waals surface area contributed by atoms with Gasteiger partial charge in [-0.1, -0.05) is 41.1 Å². The van der Waals surface area contributed by atoms with Gasteiger partial charge >= 0.3 is 0 Å². The van der Waals surface area contributed by atoms with Crippen LogP contribution in [0.4, 0.5) is 0 Å². The summed E-state index contributed by atoms with van der Waals surface area (Å²) in [7, 11) is 0. The minimum Gasteiger partial charge on any atom is -0.361 e. The molecule has 1 aromatic carbocycles. The van der Waals surface area contributed by atoms with Crippen molar-refractivity contribution in [1.82, 2.24) is 20.4 Å². The maximum atomic E-state index is 13.2. The predicted molar refractivity (Wildman–Crippen MR) is 120 cm³/mol. The molecule has 1 atom stereocenters. The molecule has 31 heavy (non-hydrogen) atoms. The van der Waals surface area contributed by atoms with E-state index in [1.54, 1.807) is 6.20 Å². The molecule has 3 heterocycles. The molecule has 1 saturated heterocycles. The summed E-state index contributed by atoms with van der Waals surface area (Å²) in [5.41, 5.74) is 3.67. The Morgan fingerprint density at radius 1 is 1.26 bits per heavy atom. The smallest absolute Gasteiger partial charge is 0.227 e. The second kappa shape index (κ2) is 9.43. The number of piperidine rings is 1. The monoisotopic (exact) mass is 418 g/mol. The Kier molecular flexibility index (Phi) is 6.47. The van der Waals surface area contributed by atoms with Crippen molar-refractivity contribution in [1.29, 1.82) is 0 Å². The Balaban J connectivity index is 1.55. The predicted octanol–water partition coefficient (Wildman–Crippen LogP) is 4.01. The molecule has 0 aliphatic carbocycles. The number of nitrogens with one attached hydrogen (secondary N) is 1. The van der Waals surface area contributed by atoms with E-state index in [9.17, 15) is 4.79 Å². The van der Waals surface area contributed by atoms with Crippen LogP contribution in [-0.4, -0.2) is 40.6 Å². The van der Waals surface area contributed by atoms with Crippen molar-refractivity contribution >= 4 is 5.91 Å².